The summed E-state index contributed by atoms with van der Waals surface area (Å²) in [4.78, 5) is 19.7. The van der Waals surface area contributed by atoms with E-state index in [9.17, 15) is 13.6 Å². The second-order valence-corrected chi connectivity index (χ2v) is 5.37. The minimum absolute atomic E-state index is 0.0402. The Hall–Kier alpha value is -2.41. The van der Waals surface area contributed by atoms with E-state index in [1.54, 1.807) is 18.4 Å². The molecular weight excluding hydrogens is 308 g/mol. The second kappa shape index (κ2) is 5.76. The average molecular weight is 319 g/mol. The van der Waals surface area contributed by atoms with Gasteiger partial charge in [0.05, 0.1) is 16.6 Å². The number of aromatic amines is 1. The Balaban J connectivity index is 1.93. The third-order valence-corrected chi connectivity index (χ3v) is 3.88. The van der Waals surface area contributed by atoms with Gasteiger partial charge in [-0.05, 0) is 36.6 Å². The highest BCUT2D eigenvalue weighted by Crippen LogP contribution is 2.24. The molecule has 0 unspecified atom stereocenters. The number of benzene rings is 2. The molecular formula is C15H11F2N3OS. The van der Waals surface area contributed by atoms with E-state index < -0.39 is 17.5 Å². The lowest BCUT2D eigenvalue weighted by Gasteiger charge is -2.07. The first-order valence-corrected chi connectivity index (χ1v) is 7.60. The monoisotopic (exact) mass is 319 g/mol. The van der Waals surface area contributed by atoms with E-state index in [-0.39, 0.29) is 11.5 Å². The molecule has 0 aliphatic rings. The zero-order valence-electron chi connectivity index (χ0n) is 11.5. The molecule has 1 amide bonds. The average Bonchev–Trinajstić information content (AvgIpc) is 2.87. The summed E-state index contributed by atoms with van der Waals surface area (Å²) in [6.07, 6.45) is 1.76. The lowest BCUT2D eigenvalue weighted by atomic mass is 10.2. The van der Waals surface area contributed by atoms with Gasteiger partial charge in [-0.3, -0.25) is 10.1 Å². The molecule has 0 saturated heterocycles. The quantitative estimate of drug-likeness (QED) is 0.722. The lowest BCUT2D eigenvalue weighted by molar-refractivity contribution is 0.101. The van der Waals surface area contributed by atoms with Crippen molar-refractivity contribution in [2.75, 3.05) is 11.6 Å². The molecule has 112 valence electrons. The van der Waals surface area contributed by atoms with Crippen LogP contribution in [0.2, 0.25) is 0 Å². The van der Waals surface area contributed by atoms with Gasteiger partial charge in [0.25, 0.3) is 5.91 Å². The number of aromatic nitrogens is 2. The standard InChI is InChI=1S/C15H11F2N3OS/c1-22-12-4-2-3-9(17)13(12)14(21)20-15-18-10-6-5-8(16)7-11(10)19-15/h2-7H,1H3,(H2,18,19,20,21). The number of nitrogens with zero attached hydrogens (tertiary/aromatic N) is 1. The van der Waals surface area contributed by atoms with Crippen molar-refractivity contribution < 1.29 is 13.6 Å². The van der Waals surface area contributed by atoms with Crippen LogP contribution in [0, 0.1) is 11.6 Å². The number of imidazole rings is 1. The number of nitrogens with one attached hydrogen (secondary N) is 2. The SMILES string of the molecule is CSc1cccc(F)c1C(=O)Nc1nc2ccc(F)cc2[nH]1. The molecule has 3 aromatic rings. The lowest BCUT2D eigenvalue weighted by Crippen LogP contribution is -2.15. The van der Waals surface area contributed by atoms with Crippen molar-refractivity contribution in [3.05, 3.63) is 53.6 Å². The molecule has 0 fully saturated rings. The largest absolute Gasteiger partial charge is 0.324 e. The van der Waals surface area contributed by atoms with Gasteiger partial charge in [0.1, 0.15) is 11.6 Å². The zero-order valence-corrected chi connectivity index (χ0v) is 12.3. The molecule has 2 aromatic carbocycles. The molecule has 0 aliphatic carbocycles. The number of rotatable bonds is 3. The van der Waals surface area contributed by atoms with Crippen molar-refractivity contribution in [3.63, 3.8) is 0 Å². The summed E-state index contributed by atoms with van der Waals surface area (Å²) in [6, 6.07) is 8.47. The van der Waals surface area contributed by atoms with Crippen molar-refractivity contribution in [1.82, 2.24) is 9.97 Å². The molecule has 4 nitrogen and oxygen atoms in total. The maximum absolute atomic E-state index is 13.9. The maximum atomic E-state index is 13.9. The third kappa shape index (κ3) is 2.67. The highest BCUT2D eigenvalue weighted by atomic mass is 32.2. The van der Waals surface area contributed by atoms with Crippen LogP contribution < -0.4 is 5.32 Å². The molecule has 0 atom stereocenters. The van der Waals surface area contributed by atoms with Crippen LogP contribution in [0.25, 0.3) is 11.0 Å². The summed E-state index contributed by atoms with van der Waals surface area (Å²) in [6.45, 7) is 0. The van der Waals surface area contributed by atoms with Crippen LogP contribution in [-0.4, -0.2) is 22.1 Å². The van der Waals surface area contributed by atoms with Crippen molar-refractivity contribution in [3.8, 4) is 0 Å². The first-order valence-electron chi connectivity index (χ1n) is 6.37. The van der Waals surface area contributed by atoms with Crippen molar-refractivity contribution >= 4 is 34.7 Å². The number of hydrogen-bond donors (Lipinski definition) is 2. The van der Waals surface area contributed by atoms with E-state index >= 15 is 0 Å². The summed E-state index contributed by atoms with van der Waals surface area (Å²) in [5.74, 6) is -1.48. The molecule has 0 saturated carbocycles. The normalized spacial score (nSPS) is 10.9. The Morgan fingerprint density at radius 2 is 2.09 bits per heavy atom. The van der Waals surface area contributed by atoms with Crippen molar-refractivity contribution in [2.45, 2.75) is 4.90 Å². The van der Waals surface area contributed by atoms with E-state index in [1.807, 2.05) is 0 Å². The highest BCUT2D eigenvalue weighted by molar-refractivity contribution is 7.98. The molecule has 22 heavy (non-hydrogen) atoms. The van der Waals surface area contributed by atoms with E-state index in [1.165, 1.54) is 36.0 Å². The van der Waals surface area contributed by atoms with Crippen LogP contribution in [0.15, 0.2) is 41.3 Å². The summed E-state index contributed by atoms with van der Waals surface area (Å²) in [5.41, 5.74) is 0.922. The highest BCUT2D eigenvalue weighted by Gasteiger charge is 2.17. The van der Waals surface area contributed by atoms with Gasteiger partial charge in [0, 0.05) is 4.90 Å². The smallest absolute Gasteiger partial charge is 0.262 e. The third-order valence-electron chi connectivity index (χ3n) is 3.10. The molecule has 3 rings (SSSR count). The van der Waals surface area contributed by atoms with Gasteiger partial charge in [-0.1, -0.05) is 6.07 Å². The molecule has 0 bridgehead atoms. The molecule has 0 spiro atoms. The number of hydrogen-bond acceptors (Lipinski definition) is 3. The van der Waals surface area contributed by atoms with Crippen LogP contribution in [0.4, 0.5) is 14.7 Å². The Bertz CT molecular complexity index is 863. The predicted molar refractivity (Wildman–Crippen MR) is 82.2 cm³/mol. The van der Waals surface area contributed by atoms with Gasteiger partial charge in [-0.2, -0.15) is 0 Å². The van der Waals surface area contributed by atoms with E-state index in [0.29, 0.717) is 15.9 Å². The van der Waals surface area contributed by atoms with E-state index in [2.05, 4.69) is 15.3 Å². The molecule has 7 heteroatoms. The number of fused-ring (bicyclic) bond motifs is 1. The summed E-state index contributed by atoms with van der Waals surface area (Å²) < 4.78 is 27.0. The van der Waals surface area contributed by atoms with Gasteiger partial charge in [0.15, 0.2) is 0 Å². The Morgan fingerprint density at radius 3 is 2.86 bits per heavy atom. The van der Waals surface area contributed by atoms with E-state index in [0.717, 1.165) is 0 Å². The van der Waals surface area contributed by atoms with Crippen LogP contribution >= 0.6 is 11.8 Å². The van der Waals surface area contributed by atoms with Crippen LogP contribution in [0.3, 0.4) is 0 Å². The number of halogens is 2. The number of H-pyrrole nitrogens is 1. The minimum atomic E-state index is -0.609. The Kier molecular flexibility index (Phi) is 3.81. The van der Waals surface area contributed by atoms with Crippen LogP contribution in [-0.2, 0) is 0 Å². The zero-order chi connectivity index (χ0) is 15.7. The fraction of sp³-hybridized carbons (Fsp3) is 0.0667. The van der Waals surface area contributed by atoms with Crippen LogP contribution in [0.1, 0.15) is 10.4 Å². The Morgan fingerprint density at radius 1 is 1.27 bits per heavy atom. The number of thioether (sulfide) groups is 1. The summed E-state index contributed by atoms with van der Waals surface area (Å²) in [7, 11) is 0. The minimum Gasteiger partial charge on any atom is -0.324 e. The first-order chi connectivity index (χ1) is 10.6. The van der Waals surface area contributed by atoms with Gasteiger partial charge in [-0.15, -0.1) is 11.8 Å². The van der Waals surface area contributed by atoms with Gasteiger partial charge in [0.2, 0.25) is 5.95 Å². The van der Waals surface area contributed by atoms with Crippen molar-refractivity contribution in [1.29, 1.82) is 0 Å². The van der Waals surface area contributed by atoms with Gasteiger partial charge < -0.3 is 4.98 Å². The molecule has 1 aromatic heterocycles. The number of carbonyl (C=O) groups excluding carboxylic acids is 1. The molecule has 1 heterocycles. The fourth-order valence-electron chi connectivity index (χ4n) is 2.11. The predicted octanol–water partition coefficient (Wildman–Crippen LogP) is 3.82. The molecule has 2 N–H and O–H groups in total. The molecule has 0 aliphatic heterocycles. The maximum Gasteiger partial charge on any atom is 0.262 e. The topological polar surface area (TPSA) is 57.8 Å². The van der Waals surface area contributed by atoms with Gasteiger partial charge in [-0.25, -0.2) is 13.8 Å². The number of carbonyl (C=O) groups is 1. The Labute approximate surface area is 128 Å². The molecule has 0 radical (unpaired) electrons. The number of anilines is 1. The summed E-state index contributed by atoms with van der Waals surface area (Å²) in [5, 5.41) is 2.50. The number of amides is 1. The van der Waals surface area contributed by atoms with Crippen molar-refractivity contribution in [2.24, 2.45) is 0 Å². The van der Waals surface area contributed by atoms with E-state index in [4.69, 9.17) is 0 Å². The fourth-order valence-corrected chi connectivity index (χ4v) is 2.71. The summed E-state index contributed by atoms with van der Waals surface area (Å²) >= 11 is 1.27. The van der Waals surface area contributed by atoms with Gasteiger partial charge >= 0.3 is 0 Å². The second-order valence-electron chi connectivity index (χ2n) is 4.52. The first kappa shape index (κ1) is 14.5. The van der Waals surface area contributed by atoms with Crippen LogP contribution in [0.5, 0.6) is 0 Å².